The van der Waals surface area contributed by atoms with Gasteiger partial charge in [-0.25, -0.2) is 9.18 Å². The van der Waals surface area contributed by atoms with Crippen LogP contribution < -0.4 is 0 Å². The van der Waals surface area contributed by atoms with E-state index in [1.807, 2.05) is 0 Å². The van der Waals surface area contributed by atoms with Crippen molar-refractivity contribution in [3.8, 4) is 11.3 Å². The standard InChI is InChI=1S/C14H11ClFNO2/c1-2-19-14(18)11-8-17-13(7-12(11)15)9-3-5-10(16)6-4-9/h3-8H,2H2,1H3. The predicted octanol–water partition coefficient (Wildman–Crippen LogP) is 3.72. The Morgan fingerprint density at radius 1 is 1.37 bits per heavy atom. The van der Waals surface area contributed by atoms with Crippen molar-refractivity contribution in [1.82, 2.24) is 4.98 Å². The molecule has 0 N–H and O–H groups in total. The van der Waals surface area contributed by atoms with Gasteiger partial charge in [-0.15, -0.1) is 0 Å². The van der Waals surface area contributed by atoms with E-state index >= 15 is 0 Å². The van der Waals surface area contributed by atoms with Gasteiger partial charge < -0.3 is 4.74 Å². The van der Waals surface area contributed by atoms with Crippen LogP contribution in [0.25, 0.3) is 11.3 Å². The van der Waals surface area contributed by atoms with E-state index in [2.05, 4.69) is 4.98 Å². The number of nitrogens with zero attached hydrogens (tertiary/aromatic N) is 1. The summed E-state index contributed by atoms with van der Waals surface area (Å²) >= 11 is 6.03. The Bertz CT molecular complexity index is 599. The number of carbonyl (C=O) groups excluding carboxylic acids is 1. The molecule has 3 nitrogen and oxygen atoms in total. The average molecular weight is 280 g/mol. The maximum absolute atomic E-state index is 12.8. The summed E-state index contributed by atoms with van der Waals surface area (Å²) in [5.74, 6) is -0.830. The highest BCUT2D eigenvalue weighted by Crippen LogP contribution is 2.24. The Morgan fingerprint density at radius 3 is 2.63 bits per heavy atom. The molecule has 0 aliphatic rings. The average Bonchev–Trinajstić information content (AvgIpc) is 2.39. The molecule has 0 saturated carbocycles. The van der Waals surface area contributed by atoms with Gasteiger partial charge in [0, 0.05) is 11.8 Å². The van der Waals surface area contributed by atoms with Crippen LogP contribution in [-0.2, 0) is 4.74 Å². The van der Waals surface area contributed by atoms with Crippen molar-refractivity contribution in [2.75, 3.05) is 6.61 Å². The molecule has 0 radical (unpaired) electrons. The van der Waals surface area contributed by atoms with Crippen molar-refractivity contribution in [3.63, 3.8) is 0 Å². The van der Waals surface area contributed by atoms with Crippen LogP contribution in [0.2, 0.25) is 5.02 Å². The van der Waals surface area contributed by atoms with Crippen LogP contribution in [0.1, 0.15) is 17.3 Å². The second-order valence-corrected chi connectivity index (χ2v) is 4.18. The van der Waals surface area contributed by atoms with E-state index in [1.54, 1.807) is 25.1 Å². The first-order chi connectivity index (χ1) is 9.11. The molecular formula is C14H11ClFNO2. The smallest absolute Gasteiger partial charge is 0.341 e. The molecule has 1 aromatic heterocycles. The highest BCUT2D eigenvalue weighted by Gasteiger charge is 2.13. The molecule has 5 heteroatoms. The Kier molecular flexibility index (Phi) is 4.12. The van der Waals surface area contributed by atoms with E-state index in [0.29, 0.717) is 5.69 Å². The van der Waals surface area contributed by atoms with E-state index < -0.39 is 5.97 Å². The van der Waals surface area contributed by atoms with Gasteiger partial charge in [-0.2, -0.15) is 0 Å². The molecule has 1 heterocycles. The lowest BCUT2D eigenvalue weighted by Crippen LogP contribution is -2.06. The van der Waals surface area contributed by atoms with Gasteiger partial charge in [-0.05, 0) is 37.3 Å². The van der Waals surface area contributed by atoms with Crippen molar-refractivity contribution >= 4 is 17.6 Å². The maximum atomic E-state index is 12.8. The molecule has 0 aliphatic carbocycles. The first-order valence-corrected chi connectivity index (χ1v) is 6.08. The fourth-order valence-electron chi connectivity index (χ4n) is 1.57. The minimum atomic E-state index is -0.509. The van der Waals surface area contributed by atoms with Gasteiger partial charge >= 0.3 is 5.97 Å². The molecule has 98 valence electrons. The van der Waals surface area contributed by atoms with Crippen LogP contribution in [0.5, 0.6) is 0 Å². The number of esters is 1. The third-order valence-electron chi connectivity index (χ3n) is 2.49. The van der Waals surface area contributed by atoms with Crippen LogP contribution in [-0.4, -0.2) is 17.6 Å². The van der Waals surface area contributed by atoms with Crippen molar-refractivity contribution in [3.05, 3.63) is 52.9 Å². The fraction of sp³-hybridized carbons (Fsp3) is 0.143. The van der Waals surface area contributed by atoms with E-state index in [9.17, 15) is 9.18 Å². The van der Waals surface area contributed by atoms with Gasteiger partial charge in [0.2, 0.25) is 0 Å². The Hall–Kier alpha value is -1.94. The van der Waals surface area contributed by atoms with Gasteiger partial charge in [0.05, 0.1) is 22.9 Å². The molecule has 0 aliphatic heterocycles. The molecule has 0 atom stereocenters. The maximum Gasteiger partial charge on any atom is 0.341 e. The van der Waals surface area contributed by atoms with Crippen molar-refractivity contribution in [2.24, 2.45) is 0 Å². The molecule has 19 heavy (non-hydrogen) atoms. The number of hydrogen-bond acceptors (Lipinski definition) is 3. The molecule has 0 saturated heterocycles. The van der Waals surface area contributed by atoms with Gasteiger partial charge in [0.25, 0.3) is 0 Å². The molecule has 1 aromatic carbocycles. The summed E-state index contributed by atoms with van der Waals surface area (Å²) in [4.78, 5) is 15.7. The fourth-order valence-corrected chi connectivity index (χ4v) is 1.80. The number of halogens is 2. The SMILES string of the molecule is CCOC(=O)c1cnc(-c2ccc(F)cc2)cc1Cl. The predicted molar refractivity (Wildman–Crippen MR) is 70.6 cm³/mol. The van der Waals surface area contributed by atoms with Crippen LogP contribution in [0.3, 0.4) is 0 Å². The Labute approximate surface area is 115 Å². The van der Waals surface area contributed by atoms with Gasteiger partial charge in [0.15, 0.2) is 0 Å². The van der Waals surface area contributed by atoms with E-state index in [-0.39, 0.29) is 23.0 Å². The first-order valence-electron chi connectivity index (χ1n) is 5.70. The molecule has 0 fully saturated rings. The zero-order valence-corrected chi connectivity index (χ0v) is 10.9. The lowest BCUT2D eigenvalue weighted by atomic mass is 10.1. The van der Waals surface area contributed by atoms with Gasteiger partial charge in [-0.1, -0.05) is 11.6 Å². The number of ether oxygens (including phenoxy) is 1. The van der Waals surface area contributed by atoms with Crippen molar-refractivity contribution < 1.29 is 13.9 Å². The number of aromatic nitrogens is 1. The largest absolute Gasteiger partial charge is 0.462 e. The Morgan fingerprint density at radius 2 is 2.05 bits per heavy atom. The molecule has 0 bridgehead atoms. The zero-order valence-electron chi connectivity index (χ0n) is 10.2. The third-order valence-corrected chi connectivity index (χ3v) is 2.80. The first kappa shape index (κ1) is 13.5. The van der Waals surface area contributed by atoms with Gasteiger partial charge in [0.1, 0.15) is 5.82 Å². The van der Waals surface area contributed by atoms with Crippen molar-refractivity contribution in [2.45, 2.75) is 6.92 Å². The highest BCUT2D eigenvalue weighted by molar-refractivity contribution is 6.33. The van der Waals surface area contributed by atoms with E-state index in [0.717, 1.165) is 5.56 Å². The third kappa shape index (κ3) is 3.09. The topological polar surface area (TPSA) is 39.2 Å². The zero-order chi connectivity index (χ0) is 13.8. The van der Waals surface area contributed by atoms with E-state index in [4.69, 9.17) is 16.3 Å². The summed E-state index contributed by atoms with van der Waals surface area (Å²) in [6.45, 7) is 1.99. The van der Waals surface area contributed by atoms with Gasteiger partial charge in [-0.3, -0.25) is 4.98 Å². The summed E-state index contributed by atoms with van der Waals surface area (Å²) in [7, 11) is 0. The van der Waals surface area contributed by atoms with Crippen LogP contribution >= 0.6 is 11.6 Å². The molecule has 0 unspecified atom stereocenters. The molecule has 2 aromatic rings. The lowest BCUT2D eigenvalue weighted by molar-refractivity contribution is 0.0526. The molecule has 0 amide bonds. The molecule has 0 spiro atoms. The minimum Gasteiger partial charge on any atom is -0.462 e. The van der Waals surface area contributed by atoms with Crippen LogP contribution in [0, 0.1) is 5.82 Å². The Balaban J connectivity index is 2.33. The summed E-state index contributed by atoms with van der Waals surface area (Å²) in [5.41, 5.74) is 1.51. The molecular weight excluding hydrogens is 269 g/mol. The lowest BCUT2D eigenvalue weighted by Gasteiger charge is -2.06. The van der Waals surface area contributed by atoms with E-state index in [1.165, 1.54) is 18.3 Å². The minimum absolute atomic E-state index is 0.217. The molecule has 2 rings (SSSR count). The second-order valence-electron chi connectivity index (χ2n) is 3.78. The van der Waals surface area contributed by atoms with Crippen molar-refractivity contribution in [1.29, 1.82) is 0 Å². The highest BCUT2D eigenvalue weighted by atomic mass is 35.5. The summed E-state index contributed by atoms with van der Waals surface area (Å²) in [5, 5.41) is 0.257. The number of carbonyl (C=O) groups is 1. The summed E-state index contributed by atoms with van der Waals surface area (Å²) in [6.07, 6.45) is 1.36. The number of benzene rings is 1. The summed E-state index contributed by atoms with van der Waals surface area (Å²) in [6, 6.07) is 7.42. The van der Waals surface area contributed by atoms with Crippen LogP contribution in [0.4, 0.5) is 4.39 Å². The number of pyridine rings is 1. The normalized spacial score (nSPS) is 10.3. The monoisotopic (exact) mass is 279 g/mol. The number of rotatable bonds is 3. The quantitative estimate of drug-likeness (QED) is 0.804. The summed E-state index contributed by atoms with van der Waals surface area (Å²) < 4.78 is 17.7. The number of hydrogen-bond donors (Lipinski definition) is 0. The van der Waals surface area contributed by atoms with Crippen LogP contribution in [0.15, 0.2) is 36.5 Å². The second kappa shape index (κ2) is 5.80.